The van der Waals surface area contributed by atoms with E-state index >= 15 is 0 Å². The second-order valence-electron chi connectivity index (χ2n) is 6.65. The largest absolute Gasteiger partial charge is 0.324 e. The molecule has 2 heterocycles. The van der Waals surface area contributed by atoms with Crippen molar-refractivity contribution in [2.45, 2.75) is 20.4 Å². The summed E-state index contributed by atoms with van der Waals surface area (Å²) in [5.41, 5.74) is 3.13. The number of carbonyl (C=O) groups is 1. The second-order valence-corrected chi connectivity index (χ2v) is 7.05. The van der Waals surface area contributed by atoms with Crippen LogP contribution in [-0.2, 0) is 11.3 Å². The van der Waals surface area contributed by atoms with Gasteiger partial charge in [0, 0.05) is 10.7 Å². The number of aromatic nitrogens is 5. The van der Waals surface area contributed by atoms with Gasteiger partial charge in [0.1, 0.15) is 12.9 Å². The van der Waals surface area contributed by atoms with Gasteiger partial charge in [-0.1, -0.05) is 41.1 Å². The fraction of sp³-hybridized carbons (Fsp3) is 0.150. The van der Waals surface area contributed by atoms with Gasteiger partial charge in [-0.05, 0) is 43.2 Å². The Balaban J connectivity index is 1.63. The first-order valence-electron chi connectivity index (χ1n) is 8.87. The molecule has 0 aliphatic carbocycles. The maximum Gasteiger partial charge on any atom is 0.284 e. The van der Waals surface area contributed by atoms with Gasteiger partial charge in [-0.2, -0.15) is 4.68 Å². The predicted octanol–water partition coefficient (Wildman–Crippen LogP) is 2.89. The number of carbonyl (C=O) groups excluding carboxylic acids is 1. The van der Waals surface area contributed by atoms with Crippen LogP contribution < -0.4 is 10.9 Å². The third kappa shape index (κ3) is 3.62. The molecule has 0 spiro atoms. The number of nitrogens with zero attached hydrogens (tertiary/aromatic N) is 5. The molecule has 0 aliphatic rings. The monoisotopic (exact) mass is 408 g/mol. The fourth-order valence-corrected chi connectivity index (χ4v) is 3.08. The van der Waals surface area contributed by atoms with Gasteiger partial charge < -0.3 is 5.32 Å². The summed E-state index contributed by atoms with van der Waals surface area (Å²) in [6.45, 7) is 3.61. The maximum atomic E-state index is 12.8. The number of rotatable bonds is 4. The average molecular weight is 409 g/mol. The van der Waals surface area contributed by atoms with Gasteiger partial charge in [-0.15, -0.1) is 5.10 Å². The zero-order valence-electron chi connectivity index (χ0n) is 15.8. The van der Waals surface area contributed by atoms with Crippen LogP contribution >= 0.6 is 11.6 Å². The molecular weight excluding hydrogens is 392 g/mol. The van der Waals surface area contributed by atoms with Gasteiger partial charge in [0.25, 0.3) is 5.56 Å². The number of fused-ring (bicyclic) bond motifs is 1. The standard InChI is InChI=1S/C20H17ClN6O2/c1-12-7-8-14(9-15(12)21)27-19-18(24-25-27)20(29)26(11-22-19)10-17(28)23-16-6-4-3-5-13(16)2/h3-9,11H,10H2,1-2H3,(H,23,28). The van der Waals surface area contributed by atoms with Crippen molar-refractivity contribution < 1.29 is 4.79 Å². The molecule has 0 aliphatic heterocycles. The van der Waals surface area contributed by atoms with E-state index in [1.807, 2.05) is 44.2 Å². The second kappa shape index (κ2) is 7.48. The molecule has 4 aromatic rings. The van der Waals surface area contributed by atoms with Crippen LogP contribution in [0.15, 0.2) is 53.6 Å². The van der Waals surface area contributed by atoms with E-state index in [9.17, 15) is 9.59 Å². The molecule has 0 fully saturated rings. The minimum atomic E-state index is -0.445. The lowest BCUT2D eigenvalue weighted by molar-refractivity contribution is -0.116. The summed E-state index contributed by atoms with van der Waals surface area (Å²) in [5, 5.41) is 11.4. The minimum Gasteiger partial charge on any atom is -0.324 e. The van der Waals surface area contributed by atoms with Crippen molar-refractivity contribution in [3.05, 3.63) is 75.3 Å². The molecule has 29 heavy (non-hydrogen) atoms. The number of hydrogen-bond acceptors (Lipinski definition) is 5. The van der Waals surface area contributed by atoms with E-state index in [4.69, 9.17) is 11.6 Å². The highest BCUT2D eigenvalue weighted by Crippen LogP contribution is 2.20. The molecule has 0 radical (unpaired) electrons. The number of benzene rings is 2. The lowest BCUT2D eigenvalue weighted by Gasteiger charge is -2.09. The highest BCUT2D eigenvalue weighted by Gasteiger charge is 2.15. The highest BCUT2D eigenvalue weighted by atomic mass is 35.5. The van der Waals surface area contributed by atoms with Crippen molar-refractivity contribution in [2.75, 3.05) is 5.32 Å². The van der Waals surface area contributed by atoms with Gasteiger partial charge in [0.05, 0.1) is 5.69 Å². The number of halogens is 1. The molecule has 146 valence electrons. The van der Waals surface area contributed by atoms with Crippen LogP contribution in [0, 0.1) is 13.8 Å². The van der Waals surface area contributed by atoms with E-state index in [0.717, 1.165) is 11.1 Å². The molecule has 8 nitrogen and oxygen atoms in total. The smallest absolute Gasteiger partial charge is 0.284 e. The topological polar surface area (TPSA) is 94.7 Å². The van der Waals surface area contributed by atoms with Gasteiger partial charge in [0.2, 0.25) is 5.91 Å². The summed E-state index contributed by atoms with van der Waals surface area (Å²) in [4.78, 5) is 29.4. The summed E-state index contributed by atoms with van der Waals surface area (Å²) in [5.74, 6) is -0.333. The van der Waals surface area contributed by atoms with Crippen LogP contribution in [0.1, 0.15) is 11.1 Å². The molecule has 1 amide bonds. The van der Waals surface area contributed by atoms with Crippen molar-refractivity contribution in [3.63, 3.8) is 0 Å². The van der Waals surface area contributed by atoms with Crippen molar-refractivity contribution in [1.82, 2.24) is 24.5 Å². The molecule has 0 bridgehead atoms. The van der Waals surface area contributed by atoms with E-state index in [1.54, 1.807) is 12.1 Å². The number of anilines is 1. The van der Waals surface area contributed by atoms with Crippen LogP contribution in [0.4, 0.5) is 5.69 Å². The molecule has 0 saturated heterocycles. The maximum absolute atomic E-state index is 12.8. The van der Waals surface area contributed by atoms with Crippen LogP contribution in [-0.4, -0.2) is 30.5 Å². The van der Waals surface area contributed by atoms with E-state index in [1.165, 1.54) is 15.6 Å². The normalized spacial score (nSPS) is 11.0. The Kier molecular flexibility index (Phi) is 4.85. The van der Waals surface area contributed by atoms with Crippen molar-refractivity contribution in [3.8, 4) is 5.69 Å². The van der Waals surface area contributed by atoms with Crippen LogP contribution in [0.3, 0.4) is 0 Å². The molecule has 4 rings (SSSR count). The van der Waals surface area contributed by atoms with Gasteiger partial charge >= 0.3 is 0 Å². The zero-order chi connectivity index (χ0) is 20.5. The molecule has 9 heteroatoms. The number of aryl methyl sites for hydroxylation is 2. The fourth-order valence-electron chi connectivity index (χ4n) is 2.90. The predicted molar refractivity (Wildman–Crippen MR) is 110 cm³/mol. The van der Waals surface area contributed by atoms with Crippen LogP contribution in [0.5, 0.6) is 0 Å². The summed E-state index contributed by atoms with van der Waals surface area (Å²) >= 11 is 6.18. The first-order valence-corrected chi connectivity index (χ1v) is 9.24. The van der Waals surface area contributed by atoms with E-state index in [-0.39, 0.29) is 18.0 Å². The van der Waals surface area contributed by atoms with Gasteiger partial charge in [-0.25, -0.2) is 4.98 Å². The molecule has 2 aromatic heterocycles. The third-order valence-electron chi connectivity index (χ3n) is 4.56. The minimum absolute atomic E-state index is 0.0767. The van der Waals surface area contributed by atoms with Crippen molar-refractivity contribution in [2.24, 2.45) is 0 Å². The lowest BCUT2D eigenvalue weighted by Crippen LogP contribution is -2.28. The molecule has 0 saturated carbocycles. The first-order chi connectivity index (χ1) is 13.9. The Morgan fingerprint density at radius 2 is 1.93 bits per heavy atom. The van der Waals surface area contributed by atoms with Gasteiger partial charge in [0.15, 0.2) is 11.2 Å². The van der Waals surface area contributed by atoms with Crippen molar-refractivity contribution >= 4 is 34.4 Å². The Bertz CT molecular complexity index is 1290. The Hall–Kier alpha value is -3.52. The molecule has 0 atom stereocenters. The van der Waals surface area contributed by atoms with Crippen LogP contribution in [0.25, 0.3) is 16.9 Å². The first kappa shape index (κ1) is 18.8. The Labute approximate surface area is 170 Å². The molecular formula is C20H17ClN6O2. The summed E-state index contributed by atoms with van der Waals surface area (Å²) in [6.07, 6.45) is 1.32. The Morgan fingerprint density at radius 3 is 2.69 bits per heavy atom. The third-order valence-corrected chi connectivity index (χ3v) is 4.97. The van der Waals surface area contributed by atoms with E-state index in [2.05, 4.69) is 20.6 Å². The van der Waals surface area contributed by atoms with Gasteiger partial charge in [-0.3, -0.25) is 14.2 Å². The number of amides is 1. The highest BCUT2D eigenvalue weighted by molar-refractivity contribution is 6.31. The lowest BCUT2D eigenvalue weighted by atomic mass is 10.2. The molecule has 1 N–H and O–H groups in total. The molecule has 2 aromatic carbocycles. The number of nitrogens with one attached hydrogen (secondary N) is 1. The summed E-state index contributed by atoms with van der Waals surface area (Å²) in [6, 6.07) is 12.8. The summed E-state index contributed by atoms with van der Waals surface area (Å²) < 4.78 is 2.65. The van der Waals surface area contributed by atoms with E-state index in [0.29, 0.717) is 22.0 Å². The number of hydrogen-bond donors (Lipinski definition) is 1. The molecule has 0 unspecified atom stereocenters. The van der Waals surface area contributed by atoms with Crippen molar-refractivity contribution in [1.29, 1.82) is 0 Å². The Morgan fingerprint density at radius 1 is 1.14 bits per heavy atom. The average Bonchev–Trinajstić information content (AvgIpc) is 3.13. The number of para-hydroxylation sites is 1. The van der Waals surface area contributed by atoms with Crippen LogP contribution in [0.2, 0.25) is 5.02 Å². The zero-order valence-corrected chi connectivity index (χ0v) is 16.5. The summed E-state index contributed by atoms with van der Waals surface area (Å²) in [7, 11) is 0. The SMILES string of the molecule is Cc1ccc(-n2nnc3c(=O)n(CC(=O)Nc4ccccc4C)cnc32)cc1Cl. The van der Waals surface area contributed by atoms with E-state index < -0.39 is 5.56 Å². The quantitative estimate of drug-likeness (QED) is 0.560.